The van der Waals surface area contributed by atoms with Crippen LogP contribution in [0, 0.1) is 34.6 Å². The van der Waals surface area contributed by atoms with Crippen LogP contribution in [0.5, 0.6) is 5.75 Å². The molecule has 2 aromatic carbocycles. The Labute approximate surface area is 274 Å². The number of anilines is 1. The molecule has 3 aliphatic rings. The number of rotatable bonds is 9. The molecule has 1 spiro atoms. The fourth-order valence-corrected chi connectivity index (χ4v) is 6.77. The van der Waals surface area contributed by atoms with Crippen molar-refractivity contribution in [1.82, 2.24) is 10.2 Å². The SMILES string of the molecule is CC(C)(C)OC(=O)C[C@H](NC(=O)C1CC2N(C(=O)C(=O)Nc3ccccc3C(C)(C)C)C3CC123)C(=O)COc1c(F)c(F)cc(F)c1F. The van der Waals surface area contributed by atoms with E-state index in [0.29, 0.717) is 12.1 Å². The Morgan fingerprint density at radius 1 is 0.958 bits per heavy atom. The fraction of sp³-hybridized carbons (Fsp3) is 0.500. The molecule has 1 heterocycles. The number of carbonyl (C=O) groups is 5. The summed E-state index contributed by atoms with van der Waals surface area (Å²) in [6.07, 6.45) is -0.00528. The van der Waals surface area contributed by atoms with Gasteiger partial charge in [0.05, 0.1) is 6.42 Å². The molecule has 0 aromatic heterocycles. The molecular formula is C34H37F4N3O7. The maximum Gasteiger partial charge on any atom is 0.313 e. The first-order valence-corrected chi connectivity index (χ1v) is 15.5. The number of nitrogens with zero attached hydrogens (tertiary/aromatic N) is 1. The summed E-state index contributed by atoms with van der Waals surface area (Å²) in [6.45, 7) is 9.57. The second-order valence-corrected chi connectivity index (χ2v) is 14.5. The molecule has 0 radical (unpaired) electrons. The fourth-order valence-electron chi connectivity index (χ4n) is 6.77. The zero-order valence-electron chi connectivity index (χ0n) is 27.3. The summed E-state index contributed by atoms with van der Waals surface area (Å²) in [5.74, 6) is -13.3. The predicted octanol–water partition coefficient (Wildman–Crippen LogP) is 4.33. The molecule has 3 amide bonds. The highest BCUT2D eigenvalue weighted by molar-refractivity contribution is 6.40. The van der Waals surface area contributed by atoms with Crippen molar-refractivity contribution in [3.05, 3.63) is 59.2 Å². The largest absolute Gasteiger partial charge is 0.479 e. The lowest BCUT2D eigenvalue weighted by molar-refractivity contribution is -0.174. The average Bonchev–Trinajstić information content (AvgIpc) is 3.70. The number of esters is 1. The van der Waals surface area contributed by atoms with Gasteiger partial charge in [0, 0.05) is 35.2 Å². The summed E-state index contributed by atoms with van der Waals surface area (Å²) in [5.41, 5.74) is -0.432. The lowest BCUT2D eigenvalue weighted by Crippen LogP contribution is -2.72. The van der Waals surface area contributed by atoms with E-state index in [1.54, 1.807) is 32.9 Å². The number of piperidine rings is 1. The van der Waals surface area contributed by atoms with Crippen LogP contribution in [0.15, 0.2) is 30.3 Å². The van der Waals surface area contributed by atoms with Gasteiger partial charge in [0.2, 0.25) is 17.5 Å². The number of benzene rings is 2. The highest BCUT2D eigenvalue weighted by atomic mass is 19.2. The molecule has 5 atom stereocenters. The minimum absolute atomic E-state index is 0.0189. The standard InChI is InChI=1S/C34H37F4N3O7/c1-32(2,3)16-9-7-8-10-20(16)39-30(45)31(46)41-23-11-17(34(23)14-24(34)41)29(44)40-21(13-25(43)48-33(4,5)6)22(42)15-47-28-26(37)18(35)12-19(36)27(28)38/h7-10,12,17,21,23-24H,11,13-15H2,1-6H3,(H,39,45)(H,40,44)/t17?,21-,23?,24?,34?/m0/s1. The first-order valence-electron chi connectivity index (χ1n) is 15.5. The van der Waals surface area contributed by atoms with E-state index in [0.717, 1.165) is 5.56 Å². The number of ether oxygens (including phenoxy) is 2. The van der Waals surface area contributed by atoms with Crippen LogP contribution in [0.1, 0.15) is 66.4 Å². The first kappa shape index (κ1) is 34.8. The van der Waals surface area contributed by atoms with Gasteiger partial charge in [-0.1, -0.05) is 39.0 Å². The molecule has 2 aliphatic carbocycles. The first-order chi connectivity index (χ1) is 22.3. The van der Waals surface area contributed by atoms with Crippen LogP contribution in [0.2, 0.25) is 0 Å². The van der Waals surface area contributed by atoms with E-state index >= 15 is 0 Å². The molecule has 48 heavy (non-hydrogen) atoms. The number of halogens is 4. The molecule has 2 aromatic rings. The van der Waals surface area contributed by atoms with Crippen LogP contribution >= 0.6 is 0 Å². The number of likely N-dealkylation sites (tertiary alicyclic amines) is 1. The number of para-hydroxylation sites is 1. The van der Waals surface area contributed by atoms with E-state index in [-0.39, 0.29) is 30.0 Å². The Bertz CT molecular complexity index is 1680. The third-order valence-corrected chi connectivity index (χ3v) is 9.06. The van der Waals surface area contributed by atoms with E-state index in [2.05, 4.69) is 10.6 Å². The zero-order valence-corrected chi connectivity index (χ0v) is 27.3. The summed E-state index contributed by atoms with van der Waals surface area (Å²) in [5, 5.41) is 5.21. The molecule has 2 N–H and O–H groups in total. The molecule has 3 fully saturated rings. The lowest BCUT2D eigenvalue weighted by atomic mass is 9.59. The quantitative estimate of drug-likeness (QED) is 0.175. The Morgan fingerprint density at radius 3 is 2.17 bits per heavy atom. The molecule has 1 aliphatic heterocycles. The molecular weight excluding hydrogens is 638 g/mol. The van der Waals surface area contributed by atoms with Crippen LogP contribution in [0.4, 0.5) is 23.2 Å². The number of hydrogen-bond acceptors (Lipinski definition) is 7. The Kier molecular flexibility index (Phi) is 8.85. The number of amides is 3. The minimum Gasteiger partial charge on any atom is -0.479 e. The average molecular weight is 676 g/mol. The maximum absolute atomic E-state index is 14.1. The van der Waals surface area contributed by atoms with Crippen molar-refractivity contribution in [1.29, 1.82) is 0 Å². The molecule has 5 rings (SSSR count). The van der Waals surface area contributed by atoms with Crippen LogP contribution in [0.3, 0.4) is 0 Å². The van der Waals surface area contributed by atoms with Crippen molar-refractivity contribution in [3.8, 4) is 5.75 Å². The Morgan fingerprint density at radius 2 is 1.58 bits per heavy atom. The predicted molar refractivity (Wildman–Crippen MR) is 163 cm³/mol. The molecule has 2 saturated carbocycles. The Balaban J connectivity index is 1.23. The van der Waals surface area contributed by atoms with Crippen molar-refractivity contribution in [2.24, 2.45) is 11.3 Å². The number of nitrogens with one attached hydrogen (secondary N) is 2. The van der Waals surface area contributed by atoms with E-state index in [9.17, 15) is 41.5 Å². The summed E-state index contributed by atoms with van der Waals surface area (Å²) < 4.78 is 65.5. The van der Waals surface area contributed by atoms with Crippen LogP contribution in [0.25, 0.3) is 0 Å². The van der Waals surface area contributed by atoms with Gasteiger partial charge in [-0.3, -0.25) is 24.0 Å². The Hall–Kier alpha value is -4.49. The van der Waals surface area contributed by atoms with Crippen molar-refractivity contribution in [3.63, 3.8) is 0 Å². The number of carbonyl (C=O) groups excluding carboxylic acids is 5. The van der Waals surface area contributed by atoms with Gasteiger partial charge in [-0.05, 0) is 50.7 Å². The third-order valence-electron chi connectivity index (χ3n) is 9.06. The van der Waals surface area contributed by atoms with Crippen LogP contribution in [-0.4, -0.2) is 64.7 Å². The molecule has 258 valence electrons. The molecule has 4 unspecified atom stereocenters. The number of hydrogen-bond donors (Lipinski definition) is 2. The number of ketones is 1. The molecule has 1 saturated heterocycles. The van der Waals surface area contributed by atoms with Gasteiger partial charge < -0.3 is 25.0 Å². The van der Waals surface area contributed by atoms with Crippen molar-refractivity contribution < 1.29 is 51.0 Å². The lowest BCUT2D eigenvalue weighted by Gasteiger charge is -2.59. The van der Waals surface area contributed by atoms with Gasteiger partial charge in [0.25, 0.3) is 0 Å². The second-order valence-electron chi connectivity index (χ2n) is 14.5. The van der Waals surface area contributed by atoms with E-state index in [1.807, 2.05) is 32.9 Å². The molecule has 10 nitrogen and oxygen atoms in total. The summed E-state index contributed by atoms with van der Waals surface area (Å²) in [6, 6.07) is 4.86. The second kappa shape index (κ2) is 12.2. The summed E-state index contributed by atoms with van der Waals surface area (Å²) >= 11 is 0. The third kappa shape index (κ3) is 6.36. The highest BCUT2D eigenvalue weighted by Gasteiger charge is 2.84. The van der Waals surface area contributed by atoms with Gasteiger partial charge in [0.15, 0.2) is 23.2 Å². The van der Waals surface area contributed by atoms with Gasteiger partial charge in [0.1, 0.15) is 18.2 Å². The molecule has 14 heteroatoms. The van der Waals surface area contributed by atoms with E-state index in [4.69, 9.17) is 9.47 Å². The normalized spacial score (nSPS) is 23.0. The van der Waals surface area contributed by atoms with Gasteiger partial charge in [-0.2, -0.15) is 8.78 Å². The zero-order chi connectivity index (χ0) is 35.5. The van der Waals surface area contributed by atoms with Crippen molar-refractivity contribution in [2.75, 3.05) is 11.9 Å². The monoisotopic (exact) mass is 675 g/mol. The number of Topliss-reactive ketones (excluding diaryl/α,β-unsaturated/α-hetero) is 1. The topological polar surface area (TPSA) is 131 Å². The van der Waals surface area contributed by atoms with Crippen molar-refractivity contribution >= 4 is 35.2 Å². The van der Waals surface area contributed by atoms with Crippen LogP contribution < -0.4 is 15.4 Å². The summed E-state index contributed by atoms with van der Waals surface area (Å²) in [4.78, 5) is 66.8. The van der Waals surface area contributed by atoms with Crippen LogP contribution in [-0.2, 0) is 34.1 Å². The summed E-state index contributed by atoms with van der Waals surface area (Å²) in [7, 11) is 0. The van der Waals surface area contributed by atoms with E-state index < -0.39 is 94.5 Å². The molecule has 0 bridgehead atoms. The highest BCUT2D eigenvalue weighted by Crippen LogP contribution is 2.76. The van der Waals surface area contributed by atoms with Gasteiger partial charge in [-0.25, -0.2) is 8.78 Å². The smallest absolute Gasteiger partial charge is 0.313 e. The van der Waals surface area contributed by atoms with Gasteiger partial charge in [-0.15, -0.1) is 0 Å². The minimum atomic E-state index is -1.86. The van der Waals surface area contributed by atoms with E-state index in [1.165, 1.54) is 4.90 Å². The maximum atomic E-state index is 14.1. The van der Waals surface area contributed by atoms with Crippen molar-refractivity contribution in [2.45, 2.75) is 89.9 Å². The van der Waals surface area contributed by atoms with Gasteiger partial charge >= 0.3 is 17.8 Å².